The molecule has 1 aromatic carbocycles. The number of hydrogen-bond donors (Lipinski definition) is 0. The normalized spacial score (nSPS) is 9.20. The zero-order valence-electron chi connectivity index (χ0n) is 5.79. The predicted octanol–water partition coefficient (Wildman–Crippen LogP) is -1.30. The van der Waals surface area contributed by atoms with E-state index in [1.165, 1.54) is 9.65 Å². The van der Waals surface area contributed by atoms with Crippen molar-refractivity contribution in [3.63, 3.8) is 0 Å². The van der Waals surface area contributed by atoms with Crippen LogP contribution in [0.2, 0.25) is 0 Å². The van der Waals surface area contributed by atoms with Gasteiger partial charge in [0.1, 0.15) is 0 Å². The molecule has 0 N–H and O–H groups in total. The molecule has 0 unspecified atom stereocenters. The van der Waals surface area contributed by atoms with E-state index in [1.54, 1.807) is 0 Å². The quantitative estimate of drug-likeness (QED) is 0.355. The Morgan fingerprint density at radius 2 is 2.00 bits per heavy atom. The number of benzene rings is 1. The summed E-state index contributed by atoms with van der Waals surface area (Å²) < 4.78 is 1.46. The van der Waals surface area contributed by atoms with E-state index in [2.05, 4.69) is 35.3 Å². The van der Waals surface area contributed by atoms with Crippen LogP contribution in [0.1, 0.15) is 0 Å². The summed E-state index contributed by atoms with van der Waals surface area (Å²) in [6, 6.07) is 10.5. The van der Waals surface area contributed by atoms with E-state index in [9.17, 15) is 0 Å². The third-order valence-corrected chi connectivity index (χ3v) is 3.04. The van der Waals surface area contributed by atoms with Gasteiger partial charge in [-0.3, -0.25) is 0 Å². The first-order valence-electron chi connectivity index (χ1n) is 2.81. The first-order valence-corrected chi connectivity index (χ1v) is 4.53. The van der Waals surface area contributed by atoms with Gasteiger partial charge in [0.2, 0.25) is 0 Å². The van der Waals surface area contributed by atoms with Gasteiger partial charge < -0.3 is 0 Å². The molecule has 0 fully saturated rings. The molecule has 44 valence electrons. The summed E-state index contributed by atoms with van der Waals surface area (Å²) in [6.07, 6.45) is 0. The van der Waals surface area contributed by atoms with E-state index >= 15 is 0 Å². The molecular formula is C8H5LiSe. The zero-order chi connectivity index (χ0) is 6.10. The van der Waals surface area contributed by atoms with Crippen LogP contribution in [0.3, 0.4) is 0 Å². The minimum atomic E-state index is 0. The first kappa shape index (κ1) is 8.18. The molecule has 0 atom stereocenters. The third kappa shape index (κ3) is 1.39. The van der Waals surface area contributed by atoms with Crippen molar-refractivity contribution in [3.05, 3.63) is 35.3 Å². The molecule has 0 spiro atoms. The minimum absolute atomic E-state index is 0. The molecule has 0 aliphatic heterocycles. The Morgan fingerprint density at radius 1 is 1.20 bits per heavy atom. The van der Waals surface area contributed by atoms with Crippen molar-refractivity contribution in [1.82, 2.24) is 0 Å². The number of hydrogen-bond acceptors (Lipinski definition) is 0. The van der Waals surface area contributed by atoms with Gasteiger partial charge in [-0.1, -0.05) is 0 Å². The van der Waals surface area contributed by atoms with Crippen molar-refractivity contribution in [2.75, 3.05) is 0 Å². The molecule has 0 saturated heterocycles. The first-order chi connectivity index (χ1) is 4.47. The van der Waals surface area contributed by atoms with Gasteiger partial charge in [0.05, 0.1) is 0 Å². The molecule has 1 aromatic heterocycles. The topological polar surface area (TPSA) is 0 Å². The van der Waals surface area contributed by atoms with Crippen LogP contribution in [0.25, 0.3) is 9.65 Å². The third-order valence-electron chi connectivity index (χ3n) is 1.30. The molecular weight excluding hydrogens is 182 g/mol. The molecule has 0 saturated carbocycles. The molecule has 2 heteroatoms. The molecule has 10 heavy (non-hydrogen) atoms. The molecule has 0 nitrogen and oxygen atoms in total. The summed E-state index contributed by atoms with van der Waals surface area (Å²) in [6.45, 7) is 0. The molecule has 0 amide bonds. The summed E-state index contributed by atoms with van der Waals surface area (Å²) in [5.41, 5.74) is 0. The Morgan fingerprint density at radius 3 is 2.80 bits per heavy atom. The summed E-state index contributed by atoms with van der Waals surface area (Å²) in [4.78, 5) is 3.23. The van der Waals surface area contributed by atoms with E-state index in [0.29, 0.717) is 14.5 Å². The van der Waals surface area contributed by atoms with E-state index < -0.39 is 0 Å². The van der Waals surface area contributed by atoms with Crippen molar-refractivity contribution < 1.29 is 18.9 Å². The maximum absolute atomic E-state index is 3.23. The van der Waals surface area contributed by atoms with Crippen molar-refractivity contribution in [1.29, 1.82) is 0 Å². The predicted molar refractivity (Wildman–Crippen MR) is 39.7 cm³/mol. The standard InChI is InChI=1S/C8H5Se.Li/c1-2-4-8-7(3-1)5-6-9-8;/h1-5H;/q-1;+1. The second-order valence-corrected chi connectivity index (χ2v) is 3.75. The fourth-order valence-corrected chi connectivity index (χ4v) is 2.33. The van der Waals surface area contributed by atoms with Crippen LogP contribution in [0, 0.1) is 4.94 Å². The van der Waals surface area contributed by atoms with Crippen molar-refractivity contribution in [2.24, 2.45) is 0 Å². The summed E-state index contributed by atoms with van der Waals surface area (Å²) in [7, 11) is 0. The molecule has 0 radical (unpaired) electrons. The zero-order valence-corrected chi connectivity index (χ0v) is 7.51. The fourth-order valence-electron chi connectivity index (χ4n) is 0.849. The van der Waals surface area contributed by atoms with Gasteiger partial charge in [-0.05, 0) is 0 Å². The average Bonchev–Trinajstić information content (AvgIpc) is 2.33. The van der Waals surface area contributed by atoms with E-state index in [-0.39, 0.29) is 18.9 Å². The second kappa shape index (κ2) is 3.46. The second-order valence-electron chi connectivity index (χ2n) is 1.90. The van der Waals surface area contributed by atoms with Crippen LogP contribution < -0.4 is 18.9 Å². The summed E-state index contributed by atoms with van der Waals surface area (Å²) >= 11 is 0.497. The SMILES string of the molecule is [Li+].[c-]1cc2ccccc2[se]1. The van der Waals surface area contributed by atoms with Gasteiger partial charge in [0, 0.05) is 0 Å². The van der Waals surface area contributed by atoms with Gasteiger partial charge in [-0.2, -0.15) is 0 Å². The van der Waals surface area contributed by atoms with Crippen LogP contribution in [-0.4, -0.2) is 14.5 Å². The van der Waals surface area contributed by atoms with Gasteiger partial charge in [-0.25, -0.2) is 0 Å². The molecule has 0 bridgehead atoms. The fraction of sp³-hybridized carbons (Fsp3) is 0. The molecule has 2 rings (SSSR count). The van der Waals surface area contributed by atoms with Crippen LogP contribution in [0.5, 0.6) is 0 Å². The van der Waals surface area contributed by atoms with Gasteiger partial charge >= 0.3 is 78.3 Å². The van der Waals surface area contributed by atoms with E-state index in [4.69, 9.17) is 0 Å². The Bertz CT molecular complexity index is 283. The van der Waals surface area contributed by atoms with E-state index in [0.717, 1.165) is 0 Å². The number of rotatable bonds is 0. The van der Waals surface area contributed by atoms with Crippen molar-refractivity contribution in [2.45, 2.75) is 0 Å². The van der Waals surface area contributed by atoms with Crippen molar-refractivity contribution >= 4 is 24.1 Å². The maximum atomic E-state index is 3.23. The van der Waals surface area contributed by atoms with E-state index in [1.807, 2.05) is 0 Å². The molecule has 0 aliphatic rings. The summed E-state index contributed by atoms with van der Waals surface area (Å²) in [5.74, 6) is 0. The Hall–Kier alpha value is 0.0769. The Kier molecular flexibility index (Phi) is 2.83. The van der Waals surface area contributed by atoms with Crippen molar-refractivity contribution in [3.8, 4) is 0 Å². The van der Waals surface area contributed by atoms with Gasteiger partial charge in [0.15, 0.2) is 0 Å². The molecule has 2 aromatic rings. The number of fused-ring (bicyclic) bond motifs is 1. The molecule has 1 heterocycles. The average molecular weight is 187 g/mol. The van der Waals surface area contributed by atoms with Gasteiger partial charge in [-0.15, -0.1) is 0 Å². The van der Waals surface area contributed by atoms with Crippen LogP contribution >= 0.6 is 0 Å². The summed E-state index contributed by atoms with van der Waals surface area (Å²) in [5, 5.41) is 1.36. The van der Waals surface area contributed by atoms with Crippen LogP contribution in [0.4, 0.5) is 0 Å². The van der Waals surface area contributed by atoms with Crippen LogP contribution in [0.15, 0.2) is 30.3 Å². The molecule has 0 aliphatic carbocycles. The Labute approximate surface area is 78.2 Å². The van der Waals surface area contributed by atoms with Gasteiger partial charge in [0.25, 0.3) is 0 Å². The Balaban J connectivity index is 0.000000500. The monoisotopic (exact) mass is 188 g/mol. The van der Waals surface area contributed by atoms with Crippen LogP contribution in [-0.2, 0) is 0 Å².